The van der Waals surface area contributed by atoms with Crippen LogP contribution in [0.4, 0.5) is 0 Å². The van der Waals surface area contributed by atoms with Crippen molar-refractivity contribution in [1.82, 2.24) is 10.2 Å². The van der Waals surface area contributed by atoms with Gasteiger partial charge in [-0.2, -0.15) is 0 Å². The van der Waals surface area contributed by atoms with E-state index >= 15 is 0 Å². The van der Waals surface area contributed by atoms with Crippen molar-refractivity contribution < 1.29 is 0 Å². The van der Waals surface area contributed by atoms with E-state index in [1.807, 2.05) is 6.08 Å². The number of likely N-dealkylation sites (tertiary alicyclic amines) is 1. The fourth-order valence-electron chi connectivity index (χ4n) is 1.92. The molecule has 0 amide bonds. The van der Waals surface area contributed by atoms with Crippen molar-refractivity contribution in [2.75, 3.05) is 26.7 Å². The van der Waals surface area contributed by atoms with Crippen LogP contribution in [0.3, 0.4) is 0 Å². The van der Waals surface area contributed by atoms with Crippen molar-refractivity contribution in [2.45, 2.75) is 19.4 Å². The smallest absolute Gasteiger partial charge is 0.0149 e. The molecular formula is C10H19ClN2. The molecule has 0 aromatic rings. The average molecular weight is 203 g/mol. The molecule has 2 atom stereocenters. The fourth-order valence-corrected chi connectivity index (χ4v) is 2.01. The Balaban J connectivity index is 2.25. The van der Waals surface area contributed by atoms with Gasteiger partial charge in [0.15, 0.2) is 0 Å². The van der Waals surface area contributed by atoms with E-state index in [0.717, 1.165) is 12.5 Å². The maximum Gasteiger partial charge on any atom is 0.0149 e. The van der Waals surface area contributed by atoms with Crippen LogP contribution in [-0.4, -0.2) is 37.6 Å². The van der Waals surface area contributed by atoms with Crippen LogP contribution in [0, 0.1) is 5.92 Å². The summed E-state index contributed by atoms with van der Waals surface area (Å²) < 4.78 is 0. The van der Waals surface area contributed by atoms with Crippen LogP contribution in [-0.2, 0) is 0 Å². The quantitative estimate of drug-likeness (QED) is 0.749. The van der Waals surface area contributed by atoms with Gasteiger partial charge in [-0.1, -0.05) is 24.6 Å². The van der Waals surface area contributed by atoms with Gasteiger partial charge in [-0.25, -0.2) is 0 Å². The molecule has 2 nitrogen and oxygen atoms in total. The molecule has 13 heavy (non-hydrogen) atoms. The van der Waals surface area contributed by atoms with Crippen LogP contribution in [0.15, 0.2) is 11.6 Å². The van der Waals surface area contributed by atoms with E-state index in [2.05, 4.69) is 24.2 Å². The van der Waals surface area contributed by atoms with Crippen LogP contribution in [0.5, 0.6) is 0 Å². The van der Waals surface area contributed by atoms with E-state index in [9.17, 15) is 0 Å². The molecule has 2 unspecified atom stereocenters. The molecule has 1 fully saturated rings. The van der Waals surface area contributed by atoms with Gasteiger partial charge in [-0.3, -0.25) is 0 Å². The van der Waals surface area contributed by atoms with Gasteiger partial charge < -0.3 is 10.2 Å². The van der Waals surface area contributed by atoms with Crippen LogP contribution in [0.1, 0.15) is 13.3 Å². The Hall–Kier alpha value is -0.0500. The molecular weight excluding hydrogens is 184 g/mol. The lowest BCUT2D eigenvalue weighted by Crippen LogP contribution is -2.46. The monoisotopic (exact) mass is 202 g/mol. The molecule has 3 heteroatoms. The lowest BCUT2D eigenvalue weighted by molar-refractivity contribution is 0.178. The average Bonchev–Trinajstić information content (AvgIpc) is 2.09. The summed E-state index contributed by atoms with van der Waals surface area (Å²) in [5, 5.41) is 3.49. The summed E-state index contributed by atoms with van der Waals surface area (Å²) in [4.78, 5) is 2.39. The molecule has 76 valence electrons. The Labute approximate surface area is 85.9 Å². The van der Waals surface area contributed by atoms with E-state index in [0.29, 0.717) is 6.04 Å². The molecule has 1 aliphatic heterocycles. The SMILES string of the molecule is CC1CN(C)CCC1NC/C=C/Cl. The van der Waals surface area contributed by atoms with Crippen molar-refractivity contribution in [3.63, 3.8) is 0 Å². The molecule has 0 aromatic heterocycles. The minimum atomic E-state index is 0.657. The molecule has 0 radical (unpaired) electrons. The molecule has 1 saturated heterocycles. The van der Waals surface area contributed by atoms with Gasteiger partial charge in [0.1, 0.15) is 0 Å². The summed E-state index contributed by atoms with van der Waals surface area (Å²) >= 11 is 5.45. The number of halogens is 1. The predicted octanol–water partition coefficient (Wildman–Crippen LogP) is 1.67. The van der Waals surface area contributed by atoms with Crippen molar-refractivity contribution >= 4 is 11.6 Å². The minimum absolute atomic E-state index is 0.657. The van der Waals surface area contributed by atoms with Crippen LogP contribution >= 0.6 is 11.6 Å². The van der Waals surface area contributed by atoms with E-state index in [4.69, 9.17) is 11.6 Å². The third-order valence-corrected chi connectivity index (χ3v) is 2.87. The minimum Gasteiger partial charge on any atom is -0.310 e. The van der Waals surface area contributed by atoms with Crippen molar-refractivity contribution in [3.05, 3.63) is 11.6 Å². The van der Waals surface area contributed by atoms with Crippen LogP contribution in [0.25, 0.3) is 0 Å². The van der Waals surface area contributed by atoms with Gasteiger partial charge in [0.25, 0.3) is 0 Å². The van der Waals surface area contributed by atoms with Crippen LogP contribution in [0.2, 0.25) is 0 Å². The Morgan fingerprint density at radius 1 is 1.62 bits per heavy atom. The van der Waals surface area contributed by atoms with Gasteiger partial charge in [0, 0.05) is 24.7 Å². The summed E-state index contributed by atoms with van der Waals surface area (Å²) in [6.45, 7) is 5.59. The van der Waals surface area contributed by atoms with Crippen molar-refractivity contribution in [2.24, 2.45) is 5.92 Å². The summed E-state index contributed by atoms with van der Waals surface area (Å²) in [6.07, 6.45) is 3.19. The van der Waals surface area contributed by atoms with E-state index in [1.54, 1.807) is 5.54 Å². The Morgan fingerprint density at radius 3 is 3.00 bits per heavy atom. The Kier molecular flexibility index (Phi) is 4.78. The zero-order chi connectivity index (χ0) is 9.68. The standard InChI is InChI=1S/C10H19ClN2/c1-9-8-13(2)7-4-10(9)12-6-3-5-11/h3,5,9-10,12H,4,6-8H2,1-2H3/b5-3+. The molecule has 1 rings (SSSR count). The molecule has 0 saturated carbocycles. The lowest BCUT2D eigenvalue weighted by Gasteiger charge is -2.35. The Bertz CT molecular complexity index is 170. The first-order valence-corrected chi connectivity index (χ1v) is 5.35. The van der Waals surface area contributed by atoms with E-state index < -0.39 is 0 Å². The first kappa shape index (κ1) is 11.0. The second kappa shape index (κ2) is 5.63. The van der Waals surface area contributed by atoms with E-state index in [-0.39, 0.29) is 0 Å². The summed E-state index contributed by atoms with van der Waals surface area (Å²) in [6, 6.07) is 0.657. The highest BCUT2D eigenvalue weighted by Crippen LogP contribution is 2.14. The normalized spacial score (nSPS) is 31.3. The number of piperidine rings is 1. The third kappa shape index (κ3) is 3.67. The topological polar surface area (TPSA) is 15.3 Å². The second-order valence-electron chi connectivity index (χ2n) is 3.90. The van der Waals surface area contributed by atoms with E-state index in [1.165, 1.54) is 19.5 Å². The van der Waals surface area contributed by atoms with Crippen molar-refractivity contribution in [1.29, 1.82) is 0 Å². The predicted molar refractivity (Wildman–Crippen MR) is 58.1 cm³/mol. The summed E-state index contributed by atoms with van der Waals surface area (Å²) in [5.41, 5.74) is 1.58. The van der Waals surface area contributed by atoms with Gasteiger partial charge in [0.2, 0.25) is 0 Å². The zero-order valence-electron chi connectivity index (χ0n) is 8.46. The van der Waals surface area contributed by atoms with Gasteiger partial charge >= 0.3 is 0 Å². The highest BCUT2D eigenvalue weighted by Gasteiger charge is 2.22. The first-order valence-electron chi connectivity index (χ1n) is 4.91. The highest BCUT2D eigenvalue weighted by molar-refractivity contribution is 6.25. The molecule has 1 N–H and O–H groups in total. The number of hydrogen-bond acceptors (Lipinski definition) is 2. The molecule has 1 aliphatic rings. The fraction of sp³-hybridized carbons (Fsp3) is 0.800. The molecule has 0 spiro atoms. The molecule has 0 aromatic carbocycles. The van der Waals surface area contributed by atoms with Crippen molar-refractivity contribution in [3.8, 4) is 0 Å². The molecule has 0 aliphatic carbocycles. The second-order valence-corrected chi connectivity index (χ2v) is 4.16. The highest BCUT2D eigenvalue weighted by atomic mass is 35.5. The third-order valence-electron chi connectivity index (χ3n) is 2.70. The molecule has 0 bridgehead atoms. The lowest BCUT2D eigenvalue weighted by atomic mass is 9.94. The first-order chi connectivity index (χ1) is 6.24. The summed E-state index contributed by atoms with van der Waals surface area (Å²) in [5.74, 6) is 0.738. The zero-order valence-corrected chi connectivity index (χ0v) is 9.22. The van der Waals surface area contributed by atoms with Gasteiger partial charge in [-0.05, 0) is 25.9 Å². The number of hydrogen-bond donors (Lipinski definition) is 1. The largest absolute Gasteiger partial charge is 0.310 e. The number of rotatable bonds is 3. The number of nitrogens with one attached hydrogen (secondary N) is 1. The van der Waals surface area contributed by atoms with Crippen LogP contribution < -0.4 is 5.32 Å². The maximum atomic E-state index is 5.45. The van der Waals surface area contributed by atoms with Gasteiger partial charge in [0.05, 0.1) is 0 Å². The number of nitrogens with zero attached hydrogens (tertiary/aromatic N) is 1. The molecule has 1 heterocycles. The Morgan fingerprint density at radius 2 is 2.38 bits per heavy atom. The summed E-state index contributed by atoms with van der Waals surface area (Å²) in [7, 11) is 2.19. The maximum absolute atomic E-state index is 5.45. The van der Waals surface area contributed by atoms with Gasteiger partial charge in [-0.15, -0.1) is 0 Å².